The number of nitrogens with one attached hydrogen (secondary N) is 2. The van der Waals surface area contributed by atoms with E-state index in [1.165, 1.54) is 23.9 Å². The maximum Gasteiger partial charge on any atom is 0.416 e. The van der Waals surface area contributed by atoms with E-state index in [-0.39, 0.29) is 11.4 Å². The van der Waals surface area contributed by atoms with E-state index in [0.717, 1.165) is 17.8 Å². The first kappa shape index (κ1) is 19.6. The molecule has 0 spiro atoms. The molecule has 0 radical (unpaired) electrons. The number of alkyl halides is 3. The van der Waals surface area contributed by atoms with E-state index in [9.17, 15) is 13.2 Å². The summed E-state index contributed by atoms with van der Waals surface area (Å²) in [5, 5.41) is 13.8. The van der Waals surface area contributed by atoms with Crippen molar-refractivity contribution in [1.82, 2.24) is 15.2 Å². The largest absolute Gasteiger partial charge is 0.416 e. The quantitative estimate of drug-likeness (QED) is 0.603. The minimum atomic E-state index is -4.37. The van der Waals surface area contributed by atoms with Crippen LogP contribution in [0.2, 0.25) is 0 Å². The molecular weight excluding hydrogens is 367 g/mol. The molecular formula is C20H20F3N5. The minimum absolute atomic E-state index is 0.0576. The zero-order valence-electron chi connectivity index (χ0n) is 15.7. The van der Waals surface area contributed by atoms with Crippen molar-refractivity contribution in [2.24, 2.45) is 0 Å². The van der Waals surface area contributed by atoms with E-state index in [1.54, 1.807) is 0 Å². The number of aromatic nitrogens is 3. The lowest BCUT2D eigenvalue weighted by molar-refractivity contribution is -0.137. The van der Waals surface area contributed by atoms with E-state index >= 15 is 0 Å². The Bertz CT molecular complexity index is 855. The molecule has 1 heterocycles. The van der Waals surface area contributed by atoms with Crippen LogP contribution in [0.1, 0.15) is 31.9 Å². The van der Waals surface area contributed by atoms with Crippen molar-refractivity contribution in [2.45, 2.75) is 32.4 Å². The summed E-state index contributed by atoms with van der Waals surface area (Å²) in [6.07, 6.45) is -2.97. The molecule has 0 aliphatic heterocycles. The van der Waals surface area contributed by atoms with Crippen LogP contribution in [0, 0.1) is 0 Å². The molecule has 0 aliphatic carbocycles. The molecule has 1 aromatic heterocycles. The van der Waals surface area contributed by atoms with Crippen molar-refractivity contribution >= 4 is 23.1 Å². The number of nitrogens with zero attached hydrogens (tertiary/aromatic N) is 3. The standard InChI is InChI=1S/C20H20F3N5/c1-19(2,3)13-4-8-16(9-5-13)26-18-27-17(12-24-28-18)25-15-10-6-14(7-11-15)20(21,22)23/h4-12H,1-3H3,(H2,25,26,27,28). The van der Waals surface area contributed by atoms with E-state index in [4.69, 9.17) is 0 Å². The normalized spacial score (nSPS) is 11.9. The predicted molar refractivity (Wildman–Crippen MR) is 103 cm³/mol. The Morgan fingerprint density at radius 3 is 1.82 bits per heavy atom. The van der Waals surface area contributed by atoms with Gasteiger partial charge in [0, 0.05) is 11.4 Å². The number of hydrogen-bond donors (Lipinski definition) is 2. The van der Waals surface area contributed by atoms with Crippen molar-refractivity contribution in [1.29, 1.82) is 0 Å². The van der Waals surface area contributed by atoms with Gasteiger partial charge < -0.3 is 10.6 Å². The number of hydrogen-bond acceptors (Lipinski definition) is 5. The number of benzene rings is 2. The van der Waals surface area contributed by atoms with Gasteiger partial charge in [0.15, 0.2) is 5.82 Å². The number of halogens is 3. The van der Waals surface area contributed by atoms with Crippen LogP contribution in [0.25, 0.3) is 0 Å². The molecule has 2 aromatic carbocycles. The fourth-order valence-corrected chi connectivity index (χ4v) is 2.49. The van der Waals surface area contributed by atoms with Crippen LogP contribution in [-0.2, 0) is 11.6 Å². The second-order valence-electron chi connectivity index (χ2n) is 7.32. The summed E-state index contributed by atoms with van der Waals surface area (Å²) < 4.78 is 37.9. The summed E-state index contributed by atoms with van der Waals surface area (Å²) in [6, 6.07) is 12.6. The van der Waals surface area contributed by atoms with Crippen molar-refractivity contribution in [3.8, 4) is 0 Å². The van der Waals surface area contributed by atoms with E-state index in [1.807, 2.05) is 24.3 Å². The van der Waals surface area contributed by atoms with Gasteiger partial charge in [-0.05, 0) is 47.4 Å². The summed E-state index contributed by atoms with van der Waals surface area (Å²) in [7, 11) is 0. The highest BCUT2D eigenvalue weighted by molar-refractivity contribution is 5.59. The predicted octanol–water partition coefficient (Wildman–Crippen LogP) is 5.68. The number of rotatable bonds is 4. The topological polar surface area (TPSA) is 62.7 Å². The van der Waals surface area contributed by atoms with Crippen LogP contribution < -0.4 is 10.6 Å². The third kappa shape index (κ3) is 4.97. The maximum atomic E-state index is 12.6. The molecule has 8 heteroatoms. The molecule has 146 valence electrons. The first-order valence-electron chi connectivity index (χ1n) is 8.63. The average molecular weight is 387 g/mol. The summed E-state index contributed by atoms with van der Waals surface area (Å²) in [5.41, 5.74) is 1.83. The first-order chi connectivity index (χ1) is 13.1. The van der Waals surface area contributed by atoms with Crippen LogP contribution in [-0.4, -0.2) is 15.2 Å². The molecule has 28 heavy (non-hydrogen) atoms. The molecule has 0 saturated carbocycles. The van der Waals surface area contributed by atoms with Crippen molar-refractivity contribution in [3.63, 3.8) is 0 Å². The molecule has 0 fully saturated rings. The third-order valence-corrected chi connectivity index (χ3v) is 4.05. The highest BCUT2D eigenvalue weighted by Crippen LogP contribution is 2.30. The lowest BCUT2D eigenvalue weighted by Crippen LogP contribution is -2.10. The van der Waals surface area contributed by atoms with Crippen LogP contribution in [0.4, 0.5) is 36.3 Å². The molecule has 0 bridgehead atoms. The van der Waals surface area contributed by atoms with Crippen molar-refractivity contribution < 1.29 is 13.2 Å². The second-order valence-corrected chi connectivity index (χ2v) is 7.32. The van der Waals surface area contributed by atoms with Gasteiger partial charge in [0.05, 0.1) is 11.8 Å². The first-order valence-corrected chi connectivity index (χ1v) is 8.63. The SMILES string of the molecule is CC(C)(C)c1ccc(Nc2nncc(Nc3ccc(C(F)(F)F)cc3)n2)cc1. The van der Waals surface area contributed by atoms with Gasteiger partial charge in [-0.1, -0.05) is 32.9 Å². The molecule has 3 aromatic rings. The smallest absolute Gasteiger partial charge is 0.339 e. The van der Waals surface area contributed by atoms with Crippen LogP contribution in [0.15, 0.2) is 54.7 Å². The highest BCUT2D eigenvalue weighted by Gasteiger charge is 2.29. The minimum Gasteiger partial charge on any atom is -0.339 e. The monoisotopic (exact) mass is 387 g/mol. The molecule has 2 N–H and O–H groups in total. The second kappa shape index (κ2) is 7.46. The Hall–Kier alpha value is -3.16. The summed E-state index contributed by atoms with van der Waals surface area (Å²) >= 11 is 0. The van der Waals surface area contributed by atoms with Crippen molar-refractivity contribution in [2.75, 3.05) is 10.6 Å². The Balaban J connectivity index is 1.70. The van der Waals surface area contributed by atoms with Gasteiger partial charge >= 0.3 is 6.18 Å². The average Bonchev–Trinajstić information content (AvgIpc) is 2.61. The zero-order chi connectivity index (χ0) is 20.4. The van der Waals surface area contributed by atoms with Gasteiger partial charge in [-0.25, -0.2) is 0 Å². The van der Waals surface area contributed by atoms with Crippen LogP contribution in [0.5, 0.6) is 0 Å². The Labute approximate surface area is 161 Å². The van der Waals surface area contributed by atoms with Gasteiger partial charge in [0.1, 0.15) is 0 Å². The Morgan fingerprint density at radius 1 is 0.750 bits per heavy atom. The Kier molecular flexibility index (Phi) is 5.22. The summed E-state index contributed by atoms with van der Waals surface area (Å²) in [4.78, 5) is 4.29. The molecule has 0 amide bonds. The summed E-state index contributed by atoms with van der Waals surface area (Å²) in [6.45, 7) is 6.41. The third-order valence-electron chi connectivity index (χ3n) is 4.05. The number of anilines is 4. The Morgan fingerprint density at radius 2 is 1.29 bits per heavy atom. The van der Waals surface area contributed by atoms with Gasteiger partial charge in [-0.2, -0.15) is 23.3 Å². The fraction of sp³-hybridized carbons (Fsp3) is 0.250. The van der Waals surface area contributed by atoms with Crippen LogP contribution in [0.3, 0.4) is 0 Å². The van der Waals surface area contributed by atoms with Gasteiger partial charge in [0.25, 0.3) is 0 Å². The molecule has 3 rings (SSSR count). The van der Waals surface area contributed by atoms with E-state index in [0.29, 0.717) is 11.5 Å². The molecule has 0 unspecified atom stereocenters. The zero-order valence-corrected chi connectivity index (χ0v) is 15.7. The van der Waals surface area contributed by atoms with Crippen LogP contribution >= 0.6 is 0 Å². The maximum absolute atomic E-state index is 12.6. The molecule has 5 nitrogen and oxygen atoms in total. The van der Waals surface area contributed by atoms with E-state index in [2.05, 4.69) is 46.6 Å². The van der Waals surface area contributed by atoms with Gasteiger partial charge in [-0.15, -0.1) is 5.10 Å². The fourth-order valence-electron chi connectivity index (χ4n) is 2.49. The molecule has 0 saturated heterocycles. The summed E-state index contributed by atoms with van der Waals surface area (Å²) in [5.74, 6) is 0.643. The van der Waals surface area contributed by atoms with E-state index < -0.39 is 11.7 Å². The highest BCUT2D eigenvalue weighted by atomic mass is 19.4. The van der Waals surface area contributed by atoms with Gasteiger partial charge in [0.2, 0.25) is 5.95 Å². The van der Waals surface area contributed by atoms with Gasteiger partial charge in [-0.3, -0.25) is 0 Å². The lowest BCUT2D eigenvalue weighted by atomic mass is 9.87. The van der Waals surface area contributed by atoms with Crippen molar-refractivity contribution in [3.05, 3.63) is 65.9 Å². The molecule has 0 atom stereocenters. The lowest BCUT2D eigenvalue weighted by Gasteiger charge is -2.19. The molecule has 0 aliphatic rings.